The van der Waals surface area contributed by atoms with E-state index in [0.717, 1.165) is 25.9 Å². The minimum absolute atomic E-state index is 0.552. The molecule has 0 radical (unpaired) electrons. The van der Waals surface area contributed by atoms with E-state index in [9.17, 15) is 0 Å². The van der Waals surface area contributed by atoms with Crippen molar-refractivity contribution in [2.75, 3.05) is 11.9 Å². The largest absolute Gasteiger partial charge is 0.354 e. The Hall–Kier alpha value is -1.62. The minimum Gasteiger partial charge on any atom is -0.354 e. The third-order valence-electron chi connectivity index (χ3n) is 2.31. The van der Waals surface area contributed by atoms with Crippen LogP contribution in [0.4, 0.5) is 5.95 Å². The fourth-order valence-electron chi connectivity index (χ4n) is 1.44. The molecule has 5 nitrogen and oxygen atoms in total. The average Bonchev–Trinajstić information content (AvgIpc) is 2.84. The molecule has 17 heavy (non-hydrogen) atoms. The van der Waals surface area contributed by atoms with Crippen molar-refractivity contribution in [1.82, 2.24) is 19.5 Å². The summed E-state index contributed by atoms with van der Waals surface area (Å²) < 4.78 is 2.07. The van der Waals surface area contributed by atoms with E-state index in [4.69, 9.17) is 11.6 Å². The van der Waals surface area contributed by atoms with Crippen molar-refractivity contribution in [1.29, 1.82) is 0 Å². The molecule has 1 N–H and O–H groups in total. The Morgan fingerprint density at radius 2 is 2.06 bits per heavy atom. The molecule has 90 valence electrons. The van der Waals surface area contributed by atoms with E-state index in [1.807, 2.05) is 12.5 Å². The Morgan fingerprint density at radius 3 is 2.76 bits per heavy atom. The fraction of sp³-hybridized carbons (Fsp3) is 0.364. The molecule has 6 heteroatoms. The van der Waals surface area contributed by atoms with Crippen molar-refractivity contribution < 1.29 is 0 Å². The van der Waals surface area contributed by atoms with Crippen LogP contribution in [0, 0.1) is 0 Å². The molecule has 2 aromatic rings. The molecule has 0 aromatic carbocycles. The van der Waals surface area contributed by atoms with Gasteiger partial charge in [-0.15, -0.1) is 0 Å². The first-order chi connectivity index (χ1) is 8.34. The number of aromatic nitrogens is 4. The first kappa shape index (κ1) is 11.9. The van der Waals surface area contributed by atoms with Gasteiger partial charge in [-0.2, -0.15) is 0 Å². The number of anilines is 1. The molecule has 2 aromatic heterocycles. The standard InChI is InChI=1S/C11H14ClN5/c12-10-7-15-11(16-8-10)14-3-1-2-5-17-6-4-13-9-17/h4,6-9H,1-3,5H2,(H,14,15,16). The number of hydrogen-bond donors (Lipinski definition) is 1. The molecule has 0 bridgehead atoms. The van der Waals surface area contributed by atoms with Crippen LogP contribution >= 0.6 is 11.6 Å². The molecule has 0 amide bonds. The minimum atomic E-state index is 0.552. The van der Waals surface area contributed by atoms with E-state index in [1.165, 1.54) is 0 Å². The fourth-order valence-corrected chi connectivity index (χ4v) is 1.54. The summed E-state index contributed by atoms with van der Waals surface area (Å²) in [5.74, 6) is 0.622. The monoisotopic (exact) mass is 251 g/mol. The van der Waals surface area contributed by atoms with Gasteiger partial charge in [-0.05, 0) is 12.8 Å². The van der Waals surface area contributed by atoms with Crippen LogP contribution in [-0.2, 0) is 6.54 Å². The quantitative estimate of drug-likeness (QED) is 0.800. The van der Waals surface area contributed by atoms with E-state index in [0.29, 0.717) is 11.0 Å². The molecule has 2 rings (SSSR count). The molecule has 0 saturated carbocycles. The second-order valence-corrected chi connectivity index (χ2v) is 4.10. The highest BCUT2D eigenvalue weighted by atomic mass is 35.5. The molecule has 0 aliphatic heterocycles. The summed E-state index contributed by atoms with van der Waals surface area (Å²) >= 11 is 5.69. The smallest absolute Gasteiger partial charge is 0.222 e. The molecule has 0 unspecified atom stereocenters. The molecular formula is C11H14ClN5. The number of nitrogens with one attached hydrogen (secondary N) is 1. The van der Waals surface area contributed by atoms with Crippen LogP contribution in [0.5, 0.6) is 0 Å². The van der Waals surface area contributed by atoms with E-state index < -0.39 is 0 Å². The molecule has 0 aliphatic rings. The highest BCUT2D eigenvalue weighted by Crippen LogP contribution is 2.05. The van der Waals surface area contributed by atoms with Crippen LogP contribution < -0.4 is 5.32 Å². The van der Waals surface area contributed by atoms with Crippen molar-refractivity contribution in [3.05, 3.63) is 36.1 Å². The van der Waals surface area contributed by atoms with Crippen LogP contribution in [0.1, 0.15) is 12.8 Å². The number of imidazole rings is 1. The SMILES string of the molecule is Clc1cnc(NCCCCn2ccnc2)nc1. The molecule has 0 spiro atoms. The lowest BCUT2D eigenvalue weighted by Crippen LogP contribution is -2.06. The predicted molar refractivity (Wildman–Crippen MR) is 67.0 cm³/mol. The predicted octanol–water partition coefficient (Wildman–Crippen LogP) is 2.22. The summed E-state index contributed by atoms with van der Waals surface area (Å²) in [7, 11) is 0. The zero-order valence-corrected chi connectivity index (χ0v) is 10.1. The van der Waals surface area contributed by atoms with Crippen LogP contribution in [0.2, 0.25) is 5.02 Å². The molecule has 2 heterocycles. The van der Waals surface area contributed by atoms with Crippen LogP contribution in [0.25, 0.3) is 0 Å². The Labute approximate surface area is 105 Å². The number of hydrogen-bond acceptors (Lipinski definition) is 4. The lowest BCUT2D eigenvalue weighted by molar-refractivity contribution is 0.620. The number of aryl methyl sites for hydroxylation is 1. The third kappa shape index (κ3) is 4.03. The van der Waals surface area contributed by atoms with Crippen LogP contribution in [0.3, 0.4) is 0 Å². The third-order valence-corrected chi connectivity index (χ3v) is 2.50. The van der Waals surface area contributed by atoms with Gasteiger partial charge in [0.15, 0.2) is 0 Å². The van der Waals surface area contributed by atoms with E-state index in [2.05, 4.69) is 24.8 Å². The summed E-state index contributed by atoms with van der Waals surface area (Å²) in [6, 6.07) is 0. The second-order valence-electron chi connectivity index (χ2n) is 3.66. The Bertz CT molecular complexity index is 426. The van der Waals surface area contributed by atoms with E-state index in [1.54, 1.807) is 18.6 Å². The Balaban J connectivity index is 1.61. The van der Waals surface area contributed by atoms with Gasteiger partial charge in [0.2, 0.25) is 5.95 Å². The number of unbranched alkanes of at least 4 members (excludes halogenated alkanes) is 1. The zero-order valence-electron chi connectivity index (χ0n) is 9.38. The first-order valence-electron chi connectivity index (χ1n) is 5.52. The van der Waals surface area contributed by atoms with Gasteiger partial charge >= 0.3 is 0 Å². The van der Waals surface area contributed by atoms with Gasteiger partial charge in [-0.1, -0.05) is 11.6 Å². The van der Waals surface area contributed by atoms with Gasteiger partial charge in [0, 0.05) is 25.5 Å². The maximum Gasteiger partial charge on any atom is 0.222 e. The maximum absolute atomic E-state index is 5.69. The summed E-state index contributed by atoms with van der Waals surface area (Å²) in [4.78, 5) is 12.1. The molecular weight excluding hydrogens is 238 g/mol. The van der Waals surface area contributed by atoms with Crippen molar-refractivity contribution in [3.8, 4) is 0 Å². The summed E-state index contributed by atoms with van der Waals surface area (Å²) in [5, 5.41) is 3.70. The van der Waals surface area contributed by atoms with Gasteiger partial charge in [0.1, 0.15) is 0 Å². The number of nitrogens with zero attached hydrogens (tertiary/aromatic N) is 4. The number of rotatable bonds is 6. The Morgan fingerprint density at radius 1 is 1.24 bits per heavy atom. The normalized spacial score (nSPS) is 10.4. The molecule has 0 saturated heterocycles. The lowest BCUT2D eigenvalue weighted by atomic mass is 10.3. The average molecular weight is 252 g/mol. The molecule has 0 fully saturated rings. The summed E-state index contributed by atoms with van der Waals surface area (Å²) in [5.41, 5.74) is 0. The molecule has 0 aliphatic carbocycles. The highest BCUT2D eigenvalue weighted by Gasteiger charge is 1.95. The van der Waals surface area contributed by atoms with Crippen molar-refractivity contribution in [3.63, 3.8) is 0 Å². The van der Waals surface area contributed by atoms with Gasteiger partial charge < -0.3 is 9.88 Å². The van der Waals surface area contributed by atoms with Crippen molar-refractivity contribution in [2.24, 2.45) is 0 Å². The zero-order chi connectivity index (χ0) is 11.9. The highest BCUT2D eigenvalue weighted by molar-refractivity contribution is 6.30. The Kier molecular flexibility index (Phi) is 4.32. The number of halogens is 1. The van der Waals surface area contributed by atoms with Gasteiger partial charge in [-0.25, -0.2) is 15.0 Å². The van der Waals surface area contributed by atoms with E-state index in [-0.39, 0.29) is 0 Å². The van der Waals surface area contributed by atoms with Gasteiger partial charge in [0.05, 0.1) is 23.7 Å². The van der Waals surface area contributed by atoms with Crippen molar-refractivity contribution >= 4 is 17.5 Å². The second kappa shape index (κ2) is 6.20. The first-order valence-corrected chi connectivity index (χ1v) is 5.89. The lowest BCUT2D eigenvalue weighted by Gasteiger charge is -2.04. The maximum atomic E-state index is 5.69. The van der Waals surface area contributed by atoms with E-state index >= 15 is 0 Å². The van der Waals surface area contributed by atoms with Gasteiger partial charge in [0.25, 0.3) is 0 Å². The molecule has 0 atom stereocenters. The van der Waals surface area contributed by atoms with Crippen LogP contribution in [-0.4, -0.2) is 26.1 Å². The summed E-state index contributed by atoms with van der Waals surface area (Å²) in [6.07, 6.45) is 10.9. The summed E-state index contributed by atoms with van der Waals surface area (Å²) in [6.45, 7) is 1.85. The van der Waals surface area contributed by atoms with Crippen LogP contribution in [0.15, 0.2) is 31.1 Å². The topological polar surface area (TPSA) is 55.6 Å². The van der Waals surface area contributed by atoms with Crippen molar-refractivity contribution in [2.45, 2.75) is 19.4 Å². The van der Waals surface area contributed by atoms with Gasteiger partial charge in [-0.3, -0.25) is 0 Å².